The highest BCUT2D eigenvalue weighted by Crippen LogP contribution is 2.22. The highest BCUT2D eigenvalue weighted by atomic mass is 32.1. The first-order valence-corrected chi connectivity index (χ1v) is 7.38. The zero-order valence-electron chi connectivity index (χ0n) is 11.7. The van der Waals surface area contributed by atoms with Gasteiger partial charge < -0.3 is 10.2 Å². The number of anilines is 2. The van der Waals surface area contributed by atoms with Crippen molar-refractivity contribution in [2.75, 3.05) is 23.3 Å². The molecule has 2 aromatic rings. The van der Waals surface area contributed by atoms with Gasteiger partial charge in [0.1, 0.15) is 10.7 Å². The van der Waals surface area contributed by atoms with E-state index in [4.69, 9.17) is 0 Å². The fourth-order valence-corrected chi connectivity index (χ4v) is 2.57. The molecule has 5 heteroatoms. The molecule has 0 saturated carbocycles. The van der Waals surface area contributed by atoms with Gasteiger partial charge in [-0.25, -0.2) is 0 Å². The second-order valence-corrected chi connectivity index (χ2v) is 5.18. The van der Waals surface area contributed by atoms with Crippen molar-refractivity contribution in [2.24, 2.45) is 0 Å². The second kappa shape index (κ2) is 6.52. The molecule has 1 aromatic carbocycles. The lowest BCUT2D eigenvalue weighted by Crippen LogP contribution is -2.22. The van der Waals surface area contributed by atoms with E-state index in [1.165, 1.54) is 22.8 Å². The van der Waals surface area contributed by atoms with Gasteiger partial charge in [0.2, 0.25) is 0 Å². The van der Waals surface area contributed by atoms with Crippen LogP contribution in [-0.4, -0.2) is 22.7 Å². The molecular formula is C14H20N4S. The smallest absolute Gasteiger partial charge is 0.135 e. The maximum atomic E-state index is 4.23. The van der Waals surface area contributed by atoms with Crippen molar-refractivity contribution in [3.8, 4) is 0 Å². The van der Waals surface area contributed by atoms with Crippen molar-refractivity contribution in [2.45, 2.75) is 27.3 Å². The van der Waals surface area contributed by atoms with E-state index in [-0.39, 0.29) is 0 Å². The predicted octanol–water partition coefficient (Wildman–Crippen LogP) is 3.30. The zero-order chi connectivity index (χ0) is 13.7. The zero-order valence-corrected chi connectivity index (χ0v) is 12.5. The van der Waals surface area contributed by atoms with E-state index >= 15 is 0 Å². The molecule has 0 aliphatic heterocycles. The molecule has 0 unspecified atom stereocenters. The molecule has 19 heavy (non-hydrogen) atoms. The average molecular weight is 276 g/mol. The molecule has 0 amide bonds. The van der Waals surface area contributed by atoms with E-state index < -0.39 is 0 Å². The van der Waals surface area contributed by atoms with Gasteiger partial charge in [0.15, 0.2) is 0 Å². The van der Waals surface area contributed by atoms with Gasteiger partial charge in [-0.15, -0.1) is 5.10 Å². The normalized spacial score (nSPS) is 10.5. The fraction of sp³-hybridized carbons (Fsp3) is 0.429. The summed E-state index contributed by atoms with van der Waals surface area (Å²) in [5.74, 6) is 0. The van der Waals surface area contributed by atoms with Gasteiger partial charge in [-0.1, -0.05) is 22.2 Å². The van der Waals surface area contributed by atoms with Crippen molar-refractivity contribution in [3.63, 3.8) is 0 Å². The second-order valence-electron chi connectivity index (χ2n) is 4.43. The van der Waals surface area contributed by atoms with Crippen LogP contribution in [0.4, 0.5) is 10.7 Å². The number of benzene rings is 1. The Labute approximate surface area is 118 Å². The molecule has 0 radical (unpaired) electrons. The molecule has 1 heterocycles. The van der Waals surface area contributed by atoms with Crippen LogP contribution in [0.25, 0.3) is 0 Å². The first-order valence-electron chi connectivity index (χ1n) is 6.61. The highest BCUT2D eigenvalue weighted by molar-refractivity contribution is 7.10. The van der Waals surface area contributed by atoms with Crippen LogP contribution in [0.3, 0.4) is 0 Å². The number of hydrogen-bond donors (Lipinski definition) is 1. The molecule has 0 aliphatic rings. The summed E-state index contributed by atoms with van der Waals surface area (Å²) in [7, 11) is 0. The molecule has 0 spiro atoms. The number of rotatable bonds is 6. The Bertz CT molecular complexity index is 506. The minimum absolute atomic E-state index is 0.790. The van der Waals surface area contributed by atoms with Crippen molar-refractivity contribution < 1.29 is 0 Å². The number of nitrogens with one attached hydrogen (secondary N) is 1. The summed E-state index contributed by atoms with van der Waals surface area (Å²) >= 11 is 1.43. The third-order valence-corrected chi connectivity index (χ3v) is 3.74. The van der Waals surface area contributed by atoms with Crippen LogP contribution in [0, 0.1) is 6.92 Å². The van der Waals surface area contributed by atoms with Gasteiger partial charge in [-0.3, -0.25) is 0 Å². The molecule has 1 N–H and O–H groups in total. The molecule has 4 nitrogen and oxygen atoms in total. The number of aromatic nitrogens is 2. The third-order valence-electron chi connectivity index (χ3n) is 3.01. The SMILES string of the molecule is CCNc1snnc1CN(CC)c1ccc(C)cc1. The first-order chi connectivity index (χ1) is 9.24. The largest absolute Gasteiger partial charge is 0.374 e. The summed E-state index contributed by atoms with van der Waals surface area (Å²) in [5, 5.41) is 8.62. The van der Waals surface area contributed by atoms with Gasteiger partial charge in [0, 0.05) is 30.3 Å². The van der Waals surface area contributed by atoms with E-state index in [9.17, 15) is 0 Å². The quantitative estimate of drug-likeness (QED) is 0.879. The molecular weight excluding hydrogens is 256 g/mol. The van der Waals surface area contributed by atoms with E-state index in [0.29, 0.717) is 0 Å². The minimum atomic E-state index is 0.790. The lowest BCUT2D eigenvalue weighted by atomic mass is 10.2. The van der Waals surface area contributed by atoms with Gasteiger partial charge in [0.25, 0.3) is 0 Å². The topological polar surface area (TPSA) is 41.1 Å². The van der Waals surface area contributed by atoms with E-state index in [1.54, 1.807) is 0 Å². The molecule has 0 saturated heterocycles. The van der Waals surface area contributed by atoms with Crippen molar-refractivity contribution in [1.29, 1.82) is 0 Å². The predicted molar refractivity (Wildman–Crippen MR) is 82.0 cm³/mol. The molecule has 0 fully saturated rings. The summed E-state index contributed by atoms with van der Waals surface area (Å²) in [4.78, 5) is 2.30. The van der Waals surface area contributed by atoms with E-state index in [0.717, 1.165) is 30.3 Å². The Hall–Kier alpha value is -1.62. The Balaban J connectivity index is 2.14. The van der Waals surface area contributed by atoms with Crippen molar-refractivity contribution in [1.82, 2.24) is 9.59 Å². The van der Waals surface area contributed by atoms with Crippen molar-refractivity contribution in [3.05, 3.63) is 35.5 Å². The molecule has 0 bridgehead atoms. The van der Waals surface area contributed by atoms with Crippen LogP contribution in [0.5, 0.6) is 0 Å². The monoisotopic (exact) mass is 276 g/mol. The molecule has 1 aromatic heterocycles. The van der Waals surface area contributed by atoms with Crippen LogP contribution >= 0.6 is 11.5 Å². The van der Waals surface area contributed by atoms with E-state index in [2.05, 4.69) is 64.8 Å². The lowest BCUT2D eigenvalue weighted by molar-refractivity contribution is 0.804. The summed E-state index contributed by atoms with van der Waals surface area (Å²) < 4.78 is 4.04. The van der Waals surface area contributed by atoms with Crippen molar-refractivity contribution >= 4 is 22.2 Å². The van der Waals surface area contributed by atoms with E-state index in [1.807, 2.05) is 0 Å². The maximum Gasteiger partial charge on any atom is 0.135 e. The van der Waals surface area contributed by atoms with Gasteiger partial charge in [-0.05, 0) is 32.9 Å². The third kappa shape index (κ3) is 3.44. The summed E-state index contributed by atoms with van der Waals surface area (Å²) in [5.41, 5.74) is 3.53. The summed E-state index contributed by atoms with van der Waals surface area (Å²) in [6.45, 7) is 8.99. The summed E-state index contributed by atoms with van der Waals surface area (Å²) in [6.07, 6.45) is 0. The Morgan fingerprint density at radius 1 is 1.21 bits per heavy atom. The van der Waals surface area contributed by atoms with Crippen LogP contribution in [0.1, 0.15) is 25.1 Å². The van der Waals surface area contributed by atoms with Gasteiger partial charge >= 0.3 is 0 Å². The summed E-state index contributed by atoms with van der Waals surface area (Å²) in [6, 6.07) is 8.60. The number of hydrogen-bond acceptors (Lipinski definition) is 5. The maximum absolute atomic E-state index is 4.23. The molecule has 102 valence electrons. The van der Waals surface area contributed by atoms with Gasteiger partial charge in [-0.2, -0.15) is 0 Å². The van der Waals surface area contributed by atoms with Crippen LogP contribution in [-0.2, 0) is 6.54 Å². The fourth-order valence-electron chi connectivity index (χ4n) is 1.93. The molecule has 2 rings (SSSR count). The Morgan fingerprint density at radius 2 is 1.95 bits per heavy atom. The minimum Gasteiger partial charge on any atom is -0.374 e. The average Bonchev–Trinajstić information content (AvgIpc) is 2.85. The Morgan fingerprint density at radius 3 is 2.58 bits per heavy atom. The lowest BCUT2D eigenvalue weighted by Gasteiger charge is -2.22. The molecule has 0 atom stereocenters. The van der Waals surface area contributed by atoms with Crippen LogP contribution < -0.4 is 10.2 Å². The highest BCUT2D eigenvalue weighted by Gasteiger charge is 2.12. The van der Waals surface area contributed by atoms with Gasteiger partial charge in [0.05, 0.1) is 6.54 Å². The number of aryl methyl sites for hydroxylation is 1. The van der Waals surface area contributed by atoms with Crippen LogP contribution in [0.2, 0.25) is 0 Å². The van der Waals surface area contributed by atoms with Crippen LogP contribution in [0.15, 0.2) is 24.3 Å². The first kappa shape index (κ1) is 13.8. The molecule has 0 aliphatic carbocycles. The Kier molecular flexibility index (Phi) is 4.74. The standard InChI is InChI=1S/C14H20N4S/c1-4-15-14-13(16-17-19-14)10-18(5-2)12-8-6-11(3)7-9-12/h6-9,15H,4-5,10H2,1-3H3. The number of nitrogens with zero attached hydrogens (tertiary/aromatic N) is 3.